The molecule has 204 valence electrons. The maximum Gasteiger partial charge on any atom is 0.490 e. The Balaban J connectivity index is 0.000000604. The van der Waals surface area contributed by atoms with Crippen molar-refractivity contribution in [2.45, 2.75) is 44.3 Å². The standard InChI is InChI=1S/C23H31N3O3S.C2HF3O2/c1-3-20-8-10-22(11-9-20)30(28,29)26(18-21-6-4-19(2)5-7-21)15-12-23(27)25-16-13-24-14-17-25;3-2(4,5)1(6)7/h4-11,24H,3,12-18H2,1-2H3;(H,6,7). The summed E-state index contributed by atoms with van der Waals surface area (Å²) in [7, 11) is -3.71. The second-order valence-electron chi connectivity index (χ2n) is 8.51. The molecule has 0 aliphatic carbocycles. The van der Waals surface area contributed by atoms with E-state index in [0.717, 1.165) is 36.2 Å². The van der Waals surface area contributed by atoms with Gasteiger partial charge in [0, 0.05) is 45.7 Å². The first-order chi connectivity index (χ1) is 17.3. The number of aryl methyl sites for hydroxylation is 2. The number of carboxylic acids is 1. The van der Waals surface area contributed by atoms with Gasteiger partial charge >= 0.3 is 12.1 Å². The van der Waals surface area contributed by atoms with Gasteiger partial charge in [-0.3, -0.25) is 4.79 Å². The number of benzene rings is 2. The van der Waals surface area contributed by atoms with Crippen molar-refractivity contribution in [3.63, 3.8) is 0 Å². The number of alkyl halides is 3. The fraction of sp³-hybridized carbons (Fsp3) is 0.440. The number of hydrogen-bond donors (Lipinski definition) is 2. The van der Waals surface area contributed by atoms with Gasteiger partial charge in [-0.25, -0.2) is 13.2 Å². The number of rotatable bonds is 8. The van der Waals surface area contributed by atoms with Crippen molar-refractivity contribution >= 4 is 21.9 Å². The number of carbonyl (C=O) groups is 2. The van der Waals surface area contributed by atoms with Gasteiger partial charge in [0.15, 0.2) is 0 Å². The first-order valence-corrected chi connectivity index (χ1v) is 13.2. The Kier molecular flexibility index (Phi) is 11.1. The number of carboxylic acid groups (broad SMARTS) is 1. The highest BCUT2D eigenvalue weighted by Crippen LogP contribution is 2.20. The maximum atomic E-state index is 13.4. The van der Waals surface area contributed by atoms with Crippen molar-refractivity contribution in [3.8, 4) is 0 Å². The van der Waals surface area contributed by atoms with Gasteiger partial charge in [0.05, 0.1) is 4.90 Å². The Bertz CT molecular complexity index is 1130. The summed E-state index contributed by atoms with van der Waals surface area (Å²) in [6.07, 6.45) is -4.05. The fourth-order valence-corrected chi connectivity index (χ4v) is 4.95. The molecule has 12 heteroatoms. The number of aliphatic carboxylic acids is 1. The number of nitrogens with one attached hydrogen (secondary N) is 1. The lowest BCUT2D eigenvalue weighted by Gasteiger charge is -2.29. The number of carbonyl (C=O) groups excluding carboxylic acids is 1. The molecule has 1 fully saturated rings. The average Bonchev–Trinajstić information content (AvgIpc) is 2.87. The fourth-order valence-electron chi connectivity index (χ4n) is 3.52. The van der Waals surface area contributed by atoms with Gasteiger partial charge in [0.25, 0.3) is 0 Å². The molecule has 37 heavy (non-hydrogen) atoms. The SMILES string of the molecule is CCc1ccc(S(=O)(=O)N(CCC(=O)N2CCNCC2)Cc2ccc(C)cc2)cc1.O=C(O)C(F)(F)F. The lowest BCUT2D eigenvalue weighted by atomic mass is 10.1. The van der Waals surface area contributed by atoms with Crippen LogP contribution in [0.1, 0.15) is 30.0 Å². The molecule has 2 N–H and O–H groups in total. The Morgan fingerprint density at radius 1 is 1.00 bits per heavy atom. The van der Waals surface area contributed by atoms with E-state index in [2.05, 4.69) is 5.32 Å². The van der Waals surface area contributed by atoms with Crippen molar-refractivity contribution in [1.82, 2.24) is 14.5 Å². The van der Waals surface area contributed by atoms with Crippen LogP contribution >= 0.6 is 0 Å². The van der Waals surface area contributed by atoms with E-state index in [-0.39, 0.29) is 30.3 Å². The smallest absolute Gasteiger partial charge is 0.475 e. The zero-order chi connectivity index (χ0) is 27.6. The van der Waals surface area contributed by atoms with Crippen LogP contribution in [0.3, 0.4) is 0 Å². The first kappa shape index (κ1) is 30.3. The van der Waals surface area contributed by atoms with Crippen LogP contribution in [-0.2, 0) is 32.6 Å². The zero-order valence-electron chi connectivity index (χ0n) is 20.8. The van der Waals surface area contributed by atoms with Crippen LogP contribution in [0.5, 0.6) is 0 Å². The number of amides is 1. The lowest BCUT2D eigenvalue weighted by Crippen LogP contribution is -2.47. The van der Waals surface area contributed by atoms with E-state index in [0.29, 0.717) is 13.1 Å². The quantitative estimate of drug-likeness (QED) is 0.530. The van der Waals surface area contributed by atoms with E-state index in [1.165, 1.54) is 4.31 Å². The number of sulfonamides is 1. The van der Waals surface area contributed by atoms with Gasteiger partial charge in [0.1, 0.15) is 0 Å². The molecule has 8 nitrogen and oxygen atoms in total. The molecule has 0 saturated carbocycles. The Hall–Kier alpha value is -2.96. The molecule has 0 aromatic heterocycles. The predicted molar refractivity (Wildman–Crippen MR) is 132 cm³/mol. The number of piperazine rings is 1. The summed E-state index contributed by atoms with van der Waals surface area (Å²) < 4.78 is 59.9. The van der Waals surface area contributed by atoms with Crippen LogP contribution in [0, 0.1) is 6.92 Å². The van der Waals surface area contributed by atoms with Crippen LogP contribution in [0.2, 0.25) is 0 Å². The van der Waals surface area contributed by atoms with Gasteiger partial charge in [-0.15, -0.1) is 0 Å². The Morgan fingerprint density at radius 3 is 2.00 bits per heavy atom. The molecule has 1 aliphatic heterocycles. The molecule has 0 atom stereocenters. The van der Waals surface area contributed by atoms with Crippen LogP contribution in [0.25, 0.3) is 0 Å². The molecule has 2 aromatic rings. The second-order valence-corrected chi connectivity index (χ2v) is 10.4. The molecular formula is C25H32F3N3O5S. The molecule has 0 unspecified atom stereocenters. The van der Waals surface area contributed by atoms with Crippen molar-refractivity contribution in [1.29, 1.82) is 0 Å². The largest absolute Gasteiger partial charge is 0.490 e. The van der Waals surface area contributed by atoms with Crippen LogP contribution in [0.4, 0.5) is 13.2 Å². The Labute approximate surface area is 215 Å². The highest BCUT2D eigenvalue weighted by molar-refractivity contribution is 7.89. The third-order valence-electron chi connectivity index (χ3n) is 5.74. The van der Waals surface area contributed by atoms with Gasteiger partial charge in [0.2, 0.25) is 15.9 Å². The van der Waals surface area contributed by atoms with E-state index in [1.807, 2.05) is 55.1 Å². The molecule has 0 spiro atoms. The maximum absolute atomic E-state index is 13.4. The van der Waals surface area contributed by atoms with Gasteiger partial charge < -0.3 is 15.3 Å². The summed E-state index contributed by atoms with van der Waals surface area (Å²) >= 11 is 0. The van der Waals surface area contributed by atoms with E-state index in [9.17, 15) is 26.4 Å². The van der Waals surface area contributed by atoms with Gasteiger partial charge in [-0.2, -0.15) is 17.5 Å². The summed E-state index contributed by atoms with van der Waals surface area (Å²) in [5, 5.41) is 10.4. The van der Waals surface area contributed by atoms with Crippen LogP contribution in [-0.4, -0.2) is 73.5 Å². The minimum Gasteiger partial charge on any atom is -0.475 e. The van der Waals surface area contributed by atoms with E-state index in [1.54, 1.807) is 12.1 Å². The van der Waals surface area contributed by atoms with Crippen molar-refractivity contribution < 1.29 is 36.3 Å². The van der Waals surface area contributed by atoms with Crippen LogP contribution < -0.4 is 5.32 Å². The zero-order valence-corrected chi connectivity index (χ0v) is 21.6. The topological polar surface area (TPSA) is 107 Å². The predicted octanol–water partition coefficient (Wildman–Crippen LogP) is 3.20. The van der Waals surface area contributed by atoms with Crippen molar-refractivity contribution in [2.75, 3.05) is 32.7 Å². The lowest BCUT2D eigenvalue weighted by molar-refractivity contribution is -0.192. The Morgan fingerprint density at radius 2 is 1.51 bits per heavy atom. The molecule has 3 rings (SSSR count). The third kappa shape index (κ3) is 9.45. The van der Waals surface area contributed by atoms with Gasteiger partial charge in [-0.05, 0) is 36.6 Å². The summed E-state index contributed by atoms with van der Waals surface area (Å²) in [4.78, 5) is 23.6. The van der Waals surface area contributed by atoms with E-state index in [4.69, 9.17) is 9.90 Å². The highest BCUT2D eigenvalue weighted by Gasteiger charge is 2.38. The second kappa shape index (κ2) is 13.5. The molecule has 1 aliphatic rings. The molecule has 1 heterocycles. The van der Waals surface area contributed by atoms with Crippen molar-refractivity contribution in [3.05, 3.63) is 65.2 Å². The molecule has 0 radical (unpaired) electrons. The normalized spacial score (nSPS) is 14.2. The molecule has 0 bridgehead atoms. The van der Waals surface area contributed by atoms with Gasteiger partial charge in [-0.1, -0.05) is 48.9 Å². The highest BCUT2D eigenvalue weighted by atomic mass is 32.2. The summed E-state index contributed by atoms with van der Waals surface area (Å²) in [5.41, 5.74) is 3.12. The third-order valence-corrected chi connectivity index (χ3v) is 7.60. The van der Waals surface area contributed by atoms with E-state index < -0.39 is 22.2 Å². The summed E-state index contributed by atoms with van der Waals surface area (Å²) in [5.74, 6) is -2.76. The van der Waals surface area contributed by atoms with E-state index >= 15 is 0 Å². The molecule has 2 aromatic carbocycles. The first-order valence-electron chi connectivity index (χ1n) is 11.8. The number of hydrogen-bond acceptors (Lipinski definition) is 5. The summed E-state index contributed by atoms with van der Waals surface area (Å²) in [6, 6.07) is 14.9. The number of halogens is 3. The minimum absolute atomic E-state index is 0.00179. The molecule has 1 saturated heterocycles. The summed E-state index contributed by atoms with van der Waals surface area (Å²) in [6.45, 7) is 7.34. The molecule has 1 amide bonds. The minimum atomic E-state index is -5.08. The number of nitrogens with zero attached hydrogens (tertiary/aromatic N) is 2. The molecular weight excluding hydrogens is 511 g/mol. The van der Waals surface area contributed by atoms with Crippen molar-refractivity contribution in [2.24, 2.45) is 0 Å². The monoisotopic (exact) mass is 543 g/mol. The van der Waals surface area contributed by atoms with Crippen LogP contribution in [0.15, 0.2) is 53.4 Å². The average molecular weight is 544 g/mol.